The summed E-state index contributed by atoms with van der Waals surface area (Å²) in [6.45, 7) is 3.29. The molecular weight excluding hydrogens is 258 g/mol. The number of hydrogen-bond donors (Lipinski definition) is 1. The van der Waals surface area contributed by atoms with Gasteiger partial charge >= 0.3 is 5.97 Å². The van der Waals surface area contributed by atoms with Gasteiger partial charge in [-0.15, -0.1) is 11.3 Å². The fourth-order valence-electron chi connectivity index (χ4n) is 2.80. The molecule has 100 valence electrons. The number of rotatable bonds is 4. The number of nitrogens with zero attached hydrogens (tertiary/aromatic N) is 1. The highest BCUT2D eigenvalue weighted by molar-refractivity contribution is 7.21. The topological polar surface area (TPSA) is 40.5 Å². The first-order valence-electron chi connectivity index (χ1n) is 6.72. The van der Waals surface area contributed by atoms with Crippen LogP contribution in [0.4, 0.5) is 0 Å². The zero-order valence-electron chi connectivity index (χ0n) is 10.8. The van der Waals surface area contributed by atoms with Gasteiger partial charge in [-0.3, -0.25) is 0 Å². The van der Waals surface area contributed by atoms with Crippen LogP contribution in [0.5, 0.6) is 0 Å². The molecule has 1 saturated heterocycles. The van der Waals surface area contributed by atoms with E-state index in [2.05, 4.69) is 4.90 Å². The third-order valence-corrected chi connectivity index (χ3v) is 4.97. The number of aromatic carboxylic acids is 1. The molecule has 2 aromatic rings. The second-order valence-electron chi connectivity index (χ2n) is 5.01. The zero-order chi connectivity index (χ0) is 13.2. The van der Waals surface area contributed by atoms with Gasteiger partial charge in [0, 0.05) is 11.2 Å². The molecule has 1 aromatic carbocycles. The molecule has 0 aliphatic carbocycles. The lowest BCUT2D eigenvalue weighted by Gasteiger charge is -2.14. The van der Waals surface area contributed by atoms with E-state index in [1.165, 1.54) is 24.2 Å². The Morgan fingerprint density at radius 3 is 2.74 bits per heavy atom. The highest BCUT2D eigenvalue weighted by Crippen LogP contribution is 2.31. The molecule has 0 radical (unpaired) electrons. The Bertz CT molecular complexity index is 599. The van der Waals surface area contributed by atoms with Crippen LogP contribution < -0.4 is 0 Å². The number of likely N-dealkylation sites (tertiary alicyclic amines) is 1. The molecular formula is C15H17NO2S. The van der Waals surface area contributed by atoms with Crippen molar-refractivity contribution in [3.05, 3.63) is 34.7 Å². The van der Waals surface area contributed by atoms with Gasteiger partial charge in [0.25, 0.3) is 0 Å². The molecule has 0 saturated carbocycles. The van der Waals surface area contributed by atoms with E-state index < -0.39 is 5.97 Å². The fourth-order valence-corrected chi connectivity index (χ4v) is 3.89. The van der Waals surface area contributed by atoms with Gasteiger partial charge in [-0.2, -0.15) is 0 Å². The van der Waals surface area contributed by atoms with Crippen molar-refractivity contribution in [1.29, 1.82) is 0 Å². The van der Waals surface area contributed by atoms with Gasteiger partial charge in [0.15, 0.2) is 0 Å². The molecule has 0 bridgehead atoms. The molecule has 0 amide bonds. The van der Waals surface area contributed by atoms with E-state index in [1.54, 1.807) is 0 Å². The summed E-state index contributed by atoms with van der Waals surface area (Å²) in [5.74, 6) is -0.794. The normalized spacial score (nSPS) is 16.2. The van der Waals surface area contributed by atoms with Gasteiger partial charge < -0.3 is 10.0 Å². The van der Waals surface area contributed by atoms with E-state index in [0.29, 0.717) is 4.88 Å². The maximum atomic E-state index is 11.4. The molecule has 3 nitrogen and oxygen atoms in total. The van der Waals surface area contributed by atoms with E-state index in [-0.39, 0.29) is 0 Å². The van der Waals surface area contributed by atoms with Gasteiger partial charge in [0.05, 0.1) is 0 Å². The van der Waals surface area contributed by atoms with E-state index >= 15 is 0 Å². The summed E-state index contributed by atoms with van der Waals surface area (Å²) >= 11 is 1.40. The first-order valence-corrected chi connectivity index (χ1v) is 7.53. The summed E-state index contributed by atoms with van der Waals surface area (Å²) in [5, 5.41) is 10.5. The lowest BCUT2D eigenvalue weighted by Crippen LogP contribution is -2.22. The number of benzene rings is 1. The van der Waals surface area contributed by atoms with Crippen molar-refractivity contribution < 1.29 is 9.90 Å². The van der Waals surface area contributed by atoms with Crippen molar-refractivity contribution in [1.82, 2.24) is 4.90 Å². The number of fused-ring (bicyclic) bond motifs is 1. The maximum absolute atomic E-state index is 11.4. The summed E-state index contributed by atoms with van der Waals surface area (Å²) in [5.41, 5.74) is 1.01. The fraction of sp³-hybridized carbons (Fsp3) is 0.400. The Morgan fingerprint density at radius 2 is 2.00 bits per heavy atom. The Hall–Kier alpha value is -1.39. The van der Waals surface area contributed by atoms with Crippen LogP contribution in [-0.4, -0.2) is 35.6 Å². The van der Waals surface area contributed by atoms with E-state index in [4.69, 9.17) is 0 Å². The quantitative estimate of drug-likeness (QED) is 0.931. The van der Waals surface area contributed by atoms with Crippen LogP contribution in [0.1, 0.15) is 28.1 Å². The lowest BCUT2D eigenvalue weighted by molar-refractivity contribution is 0.0701. The van der Waals surface area contributed by atoms with Crippen LogP contribution in [0, 0.1) is 0 Å². The van der Waals surface area contributed by atoms with Crippen molar-refractivity contribution in [2.24, 2.45) is 0 Å². The van der Waals surface area contributed by atoms with E-state index in [9.17, 15) is 9.90 Å². The predicted molar refractivity (Wildman–Crippen MR) is 78.2 cm³/mol. The Balaban J connectivity index is 1.90. The van der Waals surface area contributed by atoms with Crippen LogP contribution in [0.3, 0.4) is 0 Å². The average Bonchev–Trinajstić information content (AvgIpc) is 3.03. The molecule has 0 spiro atoms. The number of thiophene rings is 1. The average molecular weight is 275 g/mol. The van der Waals surface area contributed by atoms with Gasteiger partial charge in [-0.25, -0.2) is 4.79 Å². The number of carboxylic acid groups (broad SMARTS) is 1. The molecule has 19 heavy (non-hydrogen) atoms. The van der Waals surface area contributed by atoms with Crippen LogP contribution in [0.25, 0.3) is 10.1 Å². The standard InChI is InChI=1S/C15H17NO2S/c17-15(18)14-12(7-10-16-8-3-4-9-16)11-5-1-2-6-13(11)19-14/h1-2,5-6H,3-4,7-10H2,(H,17,18). The Labute approximate surface area is 116 Å². The Kier molecular flexibility index (Phi) is 3.53. The molecule has 1 aliphatic rings. The van der Waals surface area contributed by atoms with Crippen molar-refractivity contribution >= 4 is 27.4 Å². The van der Waals surface area contributed by atoms with E-state index in [0.717, 1.165) is 41.7 Å². The Morgan fingerprint density at radius 1 is 1.26 bits per heavy atom. The molecule has 1 aliphatic heterocycles. The van der Waals surface area contributed by atoms with Crippen molar-refractivity contribution in [2.45, 2.75) is 19.3 Å². The van der Waals surface area contributed by atoms with Crippen molar-refractivity contribution in [3.63, 3.8) is 0 Å². The molecule has 4 heteroatoms. The summed E-state index contributed by atoms with van der Waals surface area (Å²) in [6, 6.07) is 8.00. The second kappa shape index (κ2) is 5.31. The maximum Gasteiger partial charge on any atom is 0.346 e. The summed E-state index contributed by atoms with van der Waals surface area (Å²) in [7, 11) is 0. The largest absolute Gasteiger partial charge is 0.477 e. The summed E-state index contributed by atoms with van der Waals surface area (Å²) < 4.78 is 1.08. The van der Waals surface area contributed by atoms with Gasteiger partial charge in [-0.05, 0) is 49.4 Å². The third kappa shape index (κ3) is 2.51. The lowest BCUT2D eigenvalue weighted by atomic mass is 10.1. The molecule has 3 rings (SSSR count). The van der Waals surface area contributed by atoms with Gasteiger partial charge in [0.1, 0.15) is 4.88 Å². The van der Waals surface area contributed by atoms with Crippen LogP contribution >= 0.6 is 11.3 Å². The van der Waals surface area contributed by atoms with Crippen molar-refractivity contribution in [2.75, 3.05) is 19.6 Å². The smallest absolute Gasteiger partial charge is 0.346 e. The minimum absolute atomic E-state index is 0.514. The van der Waals surface area contributed by atoms with Gasteiger partial charge in [0.2, 0.25) is 0 Å². The molecule has 1 aromatic heterocycles. The predicted octanol–water partition coefficient (Wildman–Crippen LogP) is 3.24. The second-order valence-corrected chi connectivity index (χ2v) is 6.06. The number of carboxylic acids is 1. The first-order chi connectivity index (χ1) is 9.25. The first kappa shape index (κ1) is 12.6. The number of hydrogen-bond acceptors (Lipinski definition) is 3. The molecule has 2 heterocycles. The molecule has 1 N–H and O–H groups in total. The van der Waals surface area contributed by atoms with E-state index in [1.807, 2.05) is 24.3 Å². The van der Waals surface area contributed by atoms with Crippen LogP contribution in [0.2, 0.25) is 0 Å². The summed E-state index contributed by atoms with van der Waals surface area (Å²) in [6.07, 6.45) is 3.39. The minimum Gasteiger partial charge on any atom is -0.477 e. The van der Waals surface area contributed by atoms with Crippen LogP contribution in [0.15, 0.2) is 24.3 Å². The monoisotopic (exact) mass is 275 g/mol. The number of carbonyl (C=O) groups is 1. The molecule has 1 fully saturated rings. The molecule has 0 unspecified atom stereocenters. The van der Waals surface area contributed by atoms with Crippen molar-refractivity contribution in [3.8, 4) is 0 Å². The highest BCUT2D eigenvalue weighted by atomic mass is 32.1. The van der Waals surface area contributed by atoms with Gasteiger partial charge in [-0.1, -0.05) is 18.2 Å². The highest BCUT2D eigenvalue weighted by Gasteiger charge is 2.19. The zero-order valence-corrected chi connectivity index (χ0v) is 11.6. The van der Waals surface area contributed by atoms with Crippen LogP contribution in [-0.2, 0) is 6.42 Å². The molecule has 0 atom stereocenters. The minimum atomic E-state index is -0.794. The summed E-state index contributed by atoms with van der Waals surface area (Å²) in [4.78, 5) is 14.3. The third-order valence-electron chi connectivity index (χ3n) is 3.77. The SMILES string of the molecule is O=C(O)c1sc2ccccc2c1CCN1CCCC1.